The monoisotopic (exact) mass is 465 g/mol. The van der Waals surface area contributed by atoms with E-state index in [1.165, 1.54) is 17.7 Å². The van der Waals surface area contributed by atoms with Gasteiger partial charge in [-0.3, -0.25) is 9.52 Å². The van der Waals surface area contributed by atoms with Gasteiger partial charge in [0, 0.05) is 24.3 Å². The maximum Gasteiger partial charge on any atom is 0.261 e. The zero-order chi connectivity index (χ0) is 24.0. The predicted molar refractivity (Wildman–Crippen MR) is 133 cm³/mol. The van der Waals surface area contributed by atoms with E-state index >= 15 is 0 Å². The Morgan fingerprint density at radius 2 is 1.67 bits per heavy atom. The smallest absolute Gasteiger partial charge is 0.261 e. The Balaban J connectivity index is 1.74. The largest absolute Gasteiger partial charge is 0.348 e. The minimum atomic E-state index is -3.82. The van der Waals surface area contributed by atoms with Gasteiger partial charge in [0.25, 0.3) is 15.9 Å². The maximum absolute atomic E-state index is 12.9. The van der Waals surface area contributed by atoms with Crippen molar-refractivity contribution in [3.05, 3.63) is 94.5 Å². The Labute approximate surface area is 196 Å². The number of hydrogen-bond acceptors (Lipinski definition) is 4. The molecule has 33 heavy (non-hydrogen) atoms. The molecule has 0 saturated heterocycles. The molecule has 174 valence electrons. The number of nitrogens with zero attached hydrogens (tertiary/aromatic N) is 1. The number of sulfonamides is 1. The summed E-state index contributed by atoms with van der Waals surface area (Å²) in [7, 11) is -1.76. The minimum absolute atomic E-state index is 0.0457. The molecule has 0 atom stereocenters. The first-order valence-corrected chi connectivity index (χ1v) is 12.4. The number of carbonyl (C=O) groups excluding carboxylic acids is 1. The van der Waals surface area contributed by atoms with Gasteiger partial charge in [0.15, 0.2) is 0 Å². The van der Waals surface area contributed by atoms with E-state index in [-0.39, 0.29) is 10.8 Å². The highest BCUT2D eigenvalue weighted by Gasteiger charge is 2.18. The van der Waals surface area contributed by atoms with Crippen molar-refractivity contribution in [2.75, 3.05) is 18.3 Å². The average molecular weight is 466 g/mol. The van der Waals surface area contributed by atoms with Crippen molar-refractivity contribution in [2.45, 2.75) is 38.8 Å². The van der Waals surface area contributed by atoms with Crippen molar-refractivity contribution in [3.63, 3.8) is 0 Å². The Morgan fingerprint density at radius 1 is 0.939 bits per heavy atom. The zero-order valence-electron chi connectivity index (χ0n) is 19.6. The fourth-order valence-corrected chi connectivity index (χ4v) is 4.55. The molecule has 3 rings (SSSR count). The second-order valence-corrected chi connectivity index (χ2v) is 9.97. The number of anilines is 1. The van der Waals surface area contributed by atoms with Crippen molar-refractivity contribution < 1.29 is 13.2 Å². The van der Waals surface area contributed by atoms with Crippen LogP contribution in [0, 0.1) is 13.8 Å². The lowest BCUT2D eigenvalue weighted by Gasteiger charge is -2.15. The lowest BCUT2D eigenvalue weighted by atomic mass is 10.1. The van der Waals surface area contributed by atoms with Gasteiger partial charge in [-0.1, -0.05) is 49.4 Å². The molecular formula is C26H31N3O3S. The van der Waals surface area contributed by atoms with Crippen LogP contribution in [0.4, 0.5) is 5.69 Å². The maximum atomic E-state index is 12.9. The van der Waals surface area contributed by atoms with Crippen LogP contribution in [0.1, 0.15) is 39.5 Å². The zero-order valence-corrected chi connectivity index (χ0v) is 20.4. The van der Waals surface area contributed by atoms with Crippen LogP contribution >= 0.6 is 0 Å². The van der Waals surface area contributed by atoms with Gasteiger partial charge in [0.05, 0.1) is 4.90 Å². The topological polar surface area (TPSA) is 78.5 Å². The molecule has 0 aliphatic rings. The van der Waals surface area contributed by atoms with E-state index in [2.05, 4.69) is 41.0 Å². The molecule has 0 bridgehead atoms. The van der Waals surface area contributed by atoms with Crippen LogP contribution in [0.15, 0.2) is 71.6 Å². The molecule has 0 aliphatic heterocycles. The summed E-state index contributed by atoms with van der Waals surface area (Å²) in [5.74, 6) is -0.309. The molecule has 0 radical (unpaired) electrons. The van der Waals surface area contributed by atoms with Gasteiger partial charge in [-0.2, -0.15) is 0 Å². The minimum Gasteiger partial charge on any atom is -0.348 e. The van der Waals surface area contributed by atoms with Crippen LogP contribution in [-0.4, -0.2) is 32.8 Å². The Bertz CT molecular complexity index is 1240. The fourth-order valence-electron chi connectivity index (χ4n) is 3.47. The van der Waals surface area contributed by atoms with Gasteiger partial charge in [-0.15, -0.1) is 0 Å². The molecule has 0 aliphatic carbocycles. The molecule has 1 amide bonds. The van der Waals surface area contributed by atoms with Gasteiger partial charge >= 0.3 is 0 Å². The number of aryl methyl sites for hydroxylation is 2. The Morgan fingerprint density at radius 3 is 2.39 bits per heavy atom. The van der Waals surface area contributed by atoms with Crippen molar-refractivity contribution in [2.24, 2.45) is 0 Å². The second-order valence-electron chi connectivity index (χ2n) is 8.28. The van der Waals surface area contributed by atoms with E-state index in [4.69, 9.17) is 0 Å². The summed E-state index contributed by atoms with van der Waals surface area (Å²) < 4.78 is 28.3. The first-order valence-electron chi connectivity index (χ1n) is 10.9. The summed E-state index contributed by atoms with van der Waals surface area (Å²) in [5.41, 5.74) is 4.65. The van der Waals surface area contributed by atoms with Gasteiger partial charge in [-0.25, -0.2) is 8.42 Å². The number of hydrogen-bond donors (Lipinski definition) is 2. The molecule has 0 saturated carbocycles. The van der Waals surface area contributed by atoms with E-state index < -0.39 is 10.0 Å². The van der Waals surface area contributed by atoms with Crippen LogP contribution in [0.25, 0.3) is 0 Å². The number of amides is 1. The summed E-state index contributed by atoms with van der Waals surface area (Å²) in [6.45, 7) is 7.95. The lowest BCUT2D eigenvalue weighted by molar-refractivity contribution is 0.0950. The van der Waals surface area contributed by atoms with Gasteiger partial charge in [0.2, 0.25) is 0 Å². The molecule has 7 heteroatoms. The van der Waals surface area contributed by atoms with Crippen LogP contribution in [0.5, 0.6) is 0 Å². The average Bonchev–Trinajstić information content (AvgIpc) is 2.77. The van der Waals surface area contributed by atoms with Crippen LogP contribution in [0.3, 0.4) is 0 Å². The molecule has 2 N–H and O–H groups in total. The van der Waals surface area contributed by atoms with Crippen molar-refractivity contribution >= 4 is 21.6 Å². The number of carbonyl (C=O) groups is 1. The molecule has 6 nitrogen and oxygen atoms in total. The molecule has 3 aromatic rings. The first-order chi connectivity index (χ1) is 15.7. The third kappa shape index (κ3) is 6.66. The lowest BCUT2D eigenvalue weighted by Crippen LogP contribution is -2.24. The summed E-state index contributed by atoms with van der Waals surface area (Å²) in [4.78, 5) is 15.1. The number of nitrogens with one attached hydrogen (secondary N) is 2. The van der Waals surface area contributed by atoms with Gasteiger partial charge < -0.3 is 10.2 Å². The summed E-state index contributed by atoms with van der Waals surface area (Å²) in [6, 6.07) is 19.8. The van der Waals surface area contributed by atoms with E-state index in [0.717, 1.165) is 24.2 Å². The van der Waals surface area contributed by atoms with Crippen molar-refractivity contribution in [1.82, 2.24) is 10.2 Å². The first kappa shape index (κ1) is 24.5. The van der Waals surface area contributed by atoms with E-state index in [1.54, 1.807) is 31.2 Å². The molecule has 0 aromatic heterocycles. The summed E-state index contributed by atoms with van der Waals surface area (Å²) in [5, 5.41) is 2.92. The predicted octanol–water partition coefficient (Wildman–Crippen LogP) is 4.49. The highest BCUT2D eigenvalue weighted by Crippen LogP contribution is 2.20. The standard InChI is InChI=1S/C26H31N3O3S/c1-5-29(4)18-22-10-7-9-21(15-22)17-27-26(30)25-16-24(13-12-20(25)3)33(31,32)28-23-11-6-8-19(2)14-23/h6-16,28H,5,17-18H2,1-4H3,(H,27,30). The van der Waals surface area contributed by atoms with E-state index in [0.29, 0.717) is 23.4 Å². The molecule has 0 spiro atoms. The Kier molecular flexibility index (Phi) is 7.89. The molecule has 0 unspecified atom stereocenters. The van der Waals surface area contributed by atoms with Crippen LogP contribution in [-0.2, 0) is 23.1 Å². The summed E-state index contributed by atoms with van der Waals surface area (Å²) in [6.07, 6.45) is 0. The second kappa shape index (κ2) is 10.6. The van der Waals surface area contributed by atoms with Crippen LogP contribution < -0.4 is 10.0 Å². The molecule has 0 heterocycles. The van der Waals surface area contributed by atoms with Gasteiger partial charge in [-0.05, 0) is 74.0 Å². The number of benzene rings is 3. The van der Waals surface area contributed by atoms with Gasteiger partial charge in [0.1, 0.15) is 0 Å². The highest BCUT2D eigenvalue weighted by atomic mass is 32.2. The highest BCUT2D eigenvalue weighted by molar-refractivity contribution is 7.92. The van der Waals surface area contributed by atoms with Crippen molar-refractivity contribution in [3.8, 4) is 0 Å². The molecular weight excluding hydrogens is 434 g/mol. The quantitative estimate of drug-likeness (QED) is 0.488. The molecule has 0 fully saturated rings. The molecule has 3 aromatic carbocycles. The third-order valence-corrected chi connectivity index (χ3v) is 6.85. The van der Waals surface area contributed by atoms with Crippen molar-refractivity contribution in [1.29, 1.82) is 0 Å². The normalized spacial score (nSPS) is 11.4. The van der Waals surface area contributed by atoms with E-state index in [9.17, 15) is 13.2 Å². The van der Waals surface area contributed by atoms with Crippen LogP contribution in [0.2, 0.25) is 0 Å². The van der Waals surface area contributed by atoms with E-state index in [1.807, 2.05) is 25.1 Å². The third-order valence-electron chi connectivity index (χ3n) is 5.47. The SMILES string of the molecule is CCN(C)Cc1cccc(CNC(=O)c2cc(S(=O)(=O)Nc3cccc(C)c3)ccc2C)c1. The Hall–Kier alpha value is -3.16. The summed E-state index contributed by atoms with van der Waals surface area (Å²) >= 11 is 0. The fraction of sp³-hybridized carbons (Fsp3) is 0.269. The number of rotatable bonds is 9.